The van der Waals surface area contributed by atoms with Gasteiger partial charge >= 0.3 is 0 Å². The van der Waals surface area contributed by atoms with Crippen molar-refractivity contribution in [3.8, 4) is 17.6 Å². The van der Waals surface area contributed by atoms with Gasteiger partial charge in [-0.1, -0.05) is 50.0 Å². The number of hydrogen-bond donors (Lipinski definition) is 2. The van der Waals surface area contributed by atoms with E-state index in [1.807, 2.05) is 6.92 Å². The van der Waals surface area contributed by atoms with Crippen molar-refractivity contribution in [2.75, 3.05) is 18.6 Å². The maximum Gasteiger partial charge on any atom is 0.222 e. The molecular formula is C24H32N4O. The number of nitrogen functional groups attached to an aromatic ring is 2. The van der Waals surface area contributed by atoms with Gasteiger partial charge in [0.15, 0.2) is 0 Å². The molecule has 5 nitrogen and oxygen atoms in total. The van der Waals surface area contributed by atoms with Gasteiger partial charge in [0.2, 0.25) is 5.95 Å². The van der Waals surface area contributed by atoms with Crippen LogP contribution >= 0.6 is 0 Å². The first-order chi connectivity index (χ1) is 14.0. The smallest absolute Gasteiger partial charge is 0.222 e. The normalized spacial score (nSPS) is 16.2. The topological polar surface area (TPSA) is 87.0 Å². The van der Waals surface area contributed by atoms with Gasteiger partial charge in [-0.3, -0.25) is 0 Å². The second kappa shape index (κ2) is 9.65. The van der Waals surface area contributed by atoms with E-state index in [1.54, 1.807) is 7.11 Å². The van der Waals surface area contributed by atoms with Gasteiger partial charge in [0, 0.05) is 5.92 Å². The van der Waals surface area contributed by atoms with Crippen molar-refractivity contribution in [2.45, 2.75) is 70.6 Å². The Hall–Kier alpha value is -2.74. The lowest BCUT2D eigenvalue weighted by molar-refractivity contribution is 0.410. The summed E-state index contributed by atoms with van der Waals surface area (Å²) in [7, 11) is 1.73. The van der Waals surface area contributed by atoms with Gasteiger partial charge in [0.25, 0.3) is 0 Å². The number of methoxy groups -OCH3 is 1. The van der Waals surface area contributed by atoms with Crippen molar-refractivity contribution < 1.29 is 4.74 Å². The first-order valence-corrected chi connectivity index (χ1v) is 10.6. The van der Waals surface area contributed by atoms with Crippen LogP contribution in [0.5, 0.6) is 5.75 Å². The molecule has 0 spiro atoms. The van der Waals surface area contributed by atoms with E-state index in [2.05, 4.69) is 46.9 Å². The molecule has 0 bridgehead atoms. The Morgan fingerprint density at radius 2 is 1.72 bits per heavy atom. The van der Waals surface area contributed by atoms with Crippen LogP contribution in [0.4, 0.5) is 11.8 Å². The fraction of sp³-hybridized carbons (Fsp3) is 0.500. The number of aromatic nitrogens is 2. The quantitative estimate of drug-likeness (QED) is 0.722. The molecule has 0 radical (unpaired) electrons. The molecule has 1 atom stereocenters. The summed E-state index contributed by atoms with van der Waals surface area (Å²) >= 11 is 0. The van der Waals surface area contributed by atoms with Crippen LogP contribution in [0, 0.1) is 18.8 Å². The number of rotatable bonds is 3. The minimum absolute atomic E-state index is 0.0359. The van der Waals surface area contributed by atoms with Gasteiger partial charge in [-0.15, -0.1) is 0 Å². The van der Waals surface area contributed by atoms with Crippen LogP contribution in [-0.2, 0) is 0 Å². The summed E-state index contributed by atoms with van der Waals surface area (Å²) in [6, 6.07) is 6.59. The molecule has 2 aromatic rings. The number of ether oxygens (including phenoxy) is 1. The van der Waals surface area contributed by atoms with Gasteiger partial charge < -0.3 is 16.2 Å². The zero-order valence-corrected chi connectivity index (χ0v) is 17.8. The highest BCUT2D eigenvalue weighted by molar-refractivity contribution is 5.56. The summed E-state index contributed by atoms with van der Waals surface area (Å²) in [5, 5.41) is 0. The number of aryl methyl sites for hydroxylation is 1. The molecule has 29 heavy (non-hydrogen) atoms. The molecule has 1 fully saturated rings. The molecule has 1 aromatic carbocycles. The molecule has 1 aliphatic rings. The van der Waals surface area contributed by atoms with E-state index in [1.165, 1.54) is 56.1 Å². The largest absolute Gasteiger partial charge is 0.497 e. The summed E-state index contributed by atoms with van der Waals surface area (Å²) in [5.41, 5.74) is 15.5. The highest BCUT2D eigenvalue weighted by Crippen LogP contribution is 2.34. The van der Waals surface area contributed by atoms with E-state index in [0.29, 0.717) is 23.0 Å². The lowest BCUT2D eigenvalue weighted by Crippen LogP contribution is -2.05. The predicted molar refractivity (Wildman–Crippen MR) is 119 cm³/mol. The van der Waals surface area contributed by atoms with Crippen LogP contribution in [0.25, 0.3) is 0 Å². The molecule has 0 amide bonds. The number of hydrogen-bond acceptors (Lipinski definition) is 5. The summed E-state index contributed by atoms with van der Waals surface area (Å²) in [4.78, 5) is 8.19. The molecule has 1 unspecified atom stereocenters. The van der Waals surface area contributed by atoms with Crippen molar-refractivity contribution in [3.63, 3.8) is 0 Å². The maximum atomic E-state index is 5.99. The van der Waals surface area contributed by atoms with Gasteiger partial charge in [0.05, 0.1) is 18.4 Å². The summed E-state index contributed by atoms with van der Waals surface area (Å²) in [6.07, 6.45) is 9.19. The lowest BCUT2D eigenvalue weighted by atomic mass is 9.84. The van der Waals surface area contributed by atoms with E-state index in [4.69, 9.17) is 16.2 Å². The molecule has 1 aliphatic carbocycles. The zero-order chi connectivity index (χ0) is 20.8. The fourth-order valence-corrected chi connectivity index (χ4v) is 4.07. The molecule has 4 N–H and O–H groups in total. The Bertz CT molecular complexity index is 882. The Morgan fingerprint density at radius 1 is 1.03 bits per heavy atom. The van der Waals surface area contributed by atoms with E-state index < -0.39 is 0 Å². The van der Waals surface area contributed by atoms with Crippen LogP contribution in [-0.4, -0.2) is 17.1 Å². The van der Waals surface area contributed by atoms with Gasteiger partial charge in [-0.25, -0.2) is 4.98 Å². The van der Waals surface area contributed by atoms with Crippen LogP contribution in [0.3, 0.4) is 0 Å². The minimum atomic E-state index is 0.0359. The van der Waals surface area contributed by atoms with Gasteiger partial charge in [-0.2, -0.15) is 4.98 Å². The fourth-order valence-electron chi connectivity index (χ4n) is 4.07. The third-order valence-corrected chi connectivity index (χ3v) is 5.81. The summed E-state index contributed by atoms with van der Waals surface area (Å²) < 4.78 is 5.60. The molecule has 1 aromatic heterocycles. The summed E-state index contributed by atoms with van der Waals surface area (Å²) in [5.74, 6) is 8.53. The van der Waals surface area contributed by atoms with E-state index >= 15 is 0 Å². The standard InChI is InChI=1S/C24H32N4O/c1-16(11-12-22-17(2)27-24(26)28-23(22)25)19-13-20(15-21(14-19)29-3)18-9-7-5-4-6-8-10-18/h13-16,18H,4-10H2,1-3H3,(H4,25,26,27,28). The predicted octanol–water partition coefficient (Wildman–Crippen LogP) is 4.94. The van der Waals surface area contributed by atoms with Crippen molar-refractivity contribution in [1.82, 2.24) is 9.97 Å². The van der Waals surface area contributed by atoms with Crippen molar-refractivity contribution in [3.05, 3.63) is 40.6 Å². The Balaban J connectivity index is 1.88. The Labute approximate surface area is 174 Å². The zero-order valence-electron chi connectivity index (χ0n) is 17.8. The van der Waals surface area contributed by atoms with Gasteiger partial charge in [-0.05, 0) is 55.9 Å². The second-order valence-corrected chi connectivity index (χ2v) is 8.00. The Kier molecular flexibility index (Phi) is 6.98. The van der Waals surface area contributed by atoms with E-state index in [-0.39, 0.29) is 11.9 Å². The van der Waals surface area contributed by atoms with Gasteiger partial charge in [0.1, 0.15) is 11.6 Å². The van der Waals surface area contributed by atoms with Crippen LogP contribution in [0.1, 0.15) is 86.1 Å². The third-order valence-electron chi connectivity index (χ3n) is 5.81. The van der Waals surface area contributed by atoms with E-state index in [9.17, 15) is 0 Å². The maximum absolute atomic E-state index is 5.99. The number of nitrogens with zero attached hydrogens (tertiary/aromatic N) is 2. The first kappa shape index (κ1) is 21.0. The highest BCUT2D eigenvalue weighted by Gasteiger charge is 2.17. The average molecular weight is 393 g/mol. The molecule has 1 heterocycles. The van der Waals surface area contributed by atoms with Crippen LogP contribution in [0.15, 0.2) is 18.2 Å². The van der Waals surface area contributed by atoms with E-state index in [0.717, 1.165) is 5.75 Å². The Morgan fingerprint density at radius 3 is 2.38 bits per heavy atom. The monoisotopic (exact) mass is 392 g/mol. The van der Waals surface area contributed by atoms with Crippen molar-refractivity contribution in [1.29, 1.82) is 0 Å². The highest BCUT2D eigenvalue weighted by atomic mass is 16.5. The SMILES string of the molecule is COc1cc(C(C)C#Cc2c(C)nc(N)nc2N)cc(C2CCCCCCC2)c1. The van der Waals surface area contributed by atoms with Crippen LogP contribution in [0.2, 0.25) is 0 Å². The number of benzene rings is 1. The van der Waals surface area contributed by atoms with Crippen molar-refractivity contribution in [2.24, 2.45) is 0 Å². The lowest BCUT2D eigenvalue weighted by Gasteiger charge is -2.22. The molecule has 1 saturated carbocycles. The number of anilines is 2. The average Bonchev–Trinajstić information content (AvgIpc) is 2.66. The number of nitrogens with two attached hydrogens (primary N) is 2. The molecule has 5 heteroatoms. The van der Waals surface area contributed by atoms with Crippen molar-refractivity contribution >= 4 is 11.8 Å². The first-order valence-electron chi connectivity index (χ1n) is 10.6. The molecule has 154 valence electrons. The molecule has 0 saturated heterocycles. The minimum Gasteiger partial charge on any atom is -0.497 e. The molecular weight excluding hydrogens is 360 g/mol. The third kappa shape index (κ3) is 5.41. The molecule has 3 rings (SSSR count). The summed E-state index contributed by atoms with van der Waals surface area (Å²) in [6.45, 7) is 3.95. The second-order valence-electron chi connectivity index (χ2n) is 8.00. The molecule has 0 aliphatic heterocycles. The van der Waals surface area contributed by atoms with Crippen LogP contribution < -0.4 is 16.2 Å².